The first-order chi connectivity index (χ1) is 38.4. The van der Waals surface area contributed by atoms with E-state index in [1.807, 2.05) is 33.3 Å². The third kappa shape index (κ3) is 59.9. The molecule has 0 aliphatic carbocycles. The van der Waals surface area contributed by atoms with Crippen molar-refractivity contribution in [3.63, 3.8) is 0 Å². The van der Waals surface area contributed by atoms with Crippen LogP contribution >= 0.6 is 7.82 Å². The number of hydrogen-bond donors (Lipinski definition) is 2. The number of rotatable bonds is 60. The Morgan fingerprint density at radius 3 is 1.18 bits per heavy atom. The highest BCUT2D eigenvalue weighted by Gasteiger charge is 2.30. The molecule has 0 bridgehead atoms. The lowest BCUT2D eigenvalue weighted by Gasteiger charge is -2.27. The summed E-state index contributed by atoms with van der Waals surface area (Å²) in [6.45, 7) is 6.98. The third-order valence-electron chi connectivity index (χ3n) is 14.6. The van der Waals surface area contributed by atoms with E-state index >= 15 is 0 Å². The normalized spacial score (nSPS) is 14.1. The molecule has 0 radical (unpaired) electrons. The lowest BCUT2D eigenvalue weighted by atomic mass is 10.0. The molecule has 1 amide bonds. The van der Waals surface area contributed by atoms with Crippen LogP contribution in [-0.2, 0) is 27.9 Å². The predicted octanol–water partition coefficient (Wildman–Crippen LogP) is 20.8. The van der Waals surface area contributed by atoms with E-state index in [2.05, 4.69) is 86.8 Å². The second-order valence-corrected chi connectivity index (χ2v) is 25.1. The van der Waals surface area contributed by atoms with Crippen LogP contribution in [0.3, 0.4) is 0 Å². The van der Waals surface area contributed by atoms with Crippen LogP contribution in [0.4, 0.5) is 0 Å². The quantitative estimate of drug-likeness (QED) is 0.0205. The summed E-state index contributed by atoms with van der Waals surface area (Å²) < 4.78 is 30.8. The Bertz CT molecular complexity index is 1580. The van der Waals surface area contributed by atoms with Gasteiger partial charge in [0.1, 0.15) is 19.3 Å². The smallest absolute Gasteiger partial charge is 0.456 e. The lowest BCUT2D eigenvalue weighted by Crippen LogP contribution is -2.47. The highest BCUT2D eigenvalue weighted by molar-refractivity contribution is 7.47. The number of carbonyl (C=O) groups is 2. The van der Waals surface area contributed by atoms with Crippen molar-refractivity contribution in [3.05, 3.63) is 72.9 Å². The summed E-state index contributed by atoms with van der Waals surface area (Å²) in [6, 6.07) is -0.857. The lowest BCUT2D eigenvalue weighted by molar-refractivity contribution is -0.870. The summed E-state index contributed by atoms with van der Waals surface area (Å²) in [4.78, 5) is 37.8. The van der Waals surface area contributed by atoms with Crippen molar-refractivity contribution in [2.75, 3.05) is 40.9 Å². The Morgan fingerprint density at radius 2 is 0.772 bits per heavy atom. The SMILES string of the molecule is CCCCC/C=C\C/C=C\C/C=C\CCCCCCCCCCC(=O)NC(COP(=O)(O)OCC[N+](C)(C)C)C(/C=C/CCCCCCCCCCCCC)OC(=O)CCCCCCCCCCC/C=C\C/C=C\CCCCC. The summed E-state index contributed by atoms with van der Waals surface area (Å²) >= 11 is 0. The van der Waals surface area contributed by atoms with Gasteiger partial charge >= 0.3 is 13.8 Å². The Labute approximate surface area is 489 Å². The van der Waals surface area contributed by atoms with Crippen LogP contribution in [0.2, 0.25) is 0 Å². The number of hydrogen-bond acceptors (Lipinski definition) is 6. The number of esters is 1. The standard InChI is InChI=1S/C69H127N2O7P/c1-7-10-13-16-19-22-25-28-30-32-34-35-37-38-40-43-46-49-52-55-58-61-68(72)70-66(65-77-79(74,75)76-64-63-71(4,5)6)67(60-57-54-51-48-45-42-27-24-21-18-15-12-9-3)78-69(73)62-59-56-53-50-47-44-41-39-36-33-31-29-26-23-20-17-14-11-8-2/h19-20,22-23,28-31,34-35,57,60,66-67H,7-18,21,24-27,32-33,36-56,58-59,61-65H2,1-6H3,(H-,70,72,74,75)/p+1/b22-19-,23-20-,30-28-,31-29-,35-34-,60-57+. The van der Waals surface area contributed by atoms with Gasteiger partial charge in [-0.3, -0.25) is 18.6 Å². The average molecular weight is 1130 g/mol. The van der Waals surface area contributed by atoms with Crippen LogP contribution in [0.1, 0.15) is 303 Å². The minimum atomic E-state index is -4.46. The maximum absolute atomic E-state index is 13.6. The van der Waals surface area contributed by atoms with Gasteiger partial charge in [-0.25, -0.2) is 4.57 Å². The van der Waals surface area contributed by atoms with Crippen molar-refractivity contribution in [1.82, 2.24) is 5.32 Å². The molecule has 3 atom stereocenters. The number of nitrogens with zero attached hydrogens (tertiary/aromatic N) is 1. The molecule has 0 rings (SSSR count). The van der Waals surface area contributed by atoms with Crippen molar-refractivity contribution in [1.29, 1.82) is 0 Å². The van der Waals surface area contributed by atoms with E-state index < -0.39 is 20.0 Å². The number of phosphoric ester groups is 1. The van der Waals surface area contributed by atoms with E-state index in [1.54, 1.807) is 0 Å². The zero-order chi connectivity index (χ0) is 57.9. The van der Waals surface area contributed by atoms with E-state index in [0.29, 0.717) is 17.4 Å². The molecule has 10 heteroatoms. The highest BCUT2D eigenvalue weighted by atomic mass is 31.2. The number of phosphoric acid groups is 1. The van der Waals surface area contributed by atoms with Gasteiger partial charge in [0.15, 0.2) is 0 Å². The molecule has 0 heterocycles. The van der Waals surface area contributed by atoms with E-state index in [4.69, 9.17) is 13.8 Å². The molecule has 0 aromatic rings. The highest BCUT2D eigenvalue weighted by Crippen LogP contribution is 2.43. The Hall–Kier alpha value is -2.55. The minimum absolute atomic E-state index is 0.0361. The minimum Gasteiger partial charge on any atom is -0.456 e. The molecule has 0 aromatic heterocycles. The van der Waals surface area contributed by atoms with Crippen molar-refractivity contribution in [2.24, 2.45) is 0 Å². The molecule has 2 N–H and O–H groups in total. The average Bonchev–Trinajstić information content (AvgIpc) is 3.41. The maximum Gasteiger partial charge on any atom is 0.472 e. The molecule has 0 saturated heterocycles. The number of unbranched alkanes of at least 4 members (excludes halogenated alkanes) is 34. The van der Waals surface area contributed by atoms with Crippen LogP contribution in [0.25, 0.3) is 0 Å². The topological polar surface area (TPSA) is 111 Å². The van der Waals surface area contributed by atoms with Gasteiger partial charge < -0.3 is 19.4 Å². The van der Waals surface area contributed by atoms with Gasteiger partial charge in [0, 0.05) is 12.8 Å². The van der Waals surface area contributed by atoms with Crippen molar-refractivity contribution < 1.29 is 37.3 Å². The Balaban J connectivity index is 5.23. The molecule has 0 spiro atoms. The monoisotopic (exact) mass is 1130 g/mol. The first-order valence-corrected chi connectivity index (χ1v) is 34.8. The predicted molar refractivity (Wildman–Crippen MR) is 341 cm³/mol. The largest absolute Gasteiger partial charge is 0.472 e. The summed E-state index contributed by atoms with van der Waals surface area (Å²) in [5.74, 6) is -0.512. The molecule has 460 valence electrons. The number of nitrogens with one attached hydrogen (secondary N) is 1. The van der Waals surface area contributed by atoms with Gasteiger partial charge in [0.05, 0.1) is 33.8 Å². The number of likely N-dealkylation sites (N-methyl/N-ethyl adjacent to an activating group) is 1. The number of carbonyl (C=O) groups excluding carboxylic acids is 2. The molecular formula is C69H128N2O7P+. The molecule has 0 saturated carbocycles. The van der Waals surface area contributed by atoms with Gasteiger partial charge in [-0.1, -0.05) is 261 Å². The van der Waals surface area contributed by atoms with Crippen LogP contribution in [0.15, 0.2) is 72.9 Å². The first-order valence-electron chi connectivity index (χ1n) is 33.3. The molecule has 0 aromatic carbocycles. The van der Waals surface area contributed by atoms with Crippen molar-refractivity contribution >= 4 is 19.7 Å². The van der Waals surface area contributed by atoms with Gasteiger partial charge in [-0.2, -0.15) is 0 Å². The van der Waals surface area contributed by atoms with E-state index in [0.717, 1.165) is 89.9 Å². The van der Waals surface area contributed by atoms with E-state index in [1.165, 1.54) is 180 Å². The second-order valence-electron chi connectivity index (χ2n) is 23.6. The number of allylic oxidation sites excluding steroid dienone is 11. The molecule has 3 unspecified atom stereocenters. The van der Waals surface area contributed by atoms with Crippen LogP contribution in [-0.4, -0.2) is 74.3 Å². The first kappa shape index (κ1) is 76.5. The fourth-order valence-electron chi connectivity index (χ4n) is 9.45. The zero-order valence-electron chi connectivity index (χ0n) is 52.6. The van der Waals surface area contributed by atoms with Crippen LogP contribution in [0.5, 0.6) is 0 Å². The van der Waals surface area contributed by atoms with Crippen molar-refractivity contribution in [3.8, 4) is 0 Å². The summed E-state index contributed by atoms with van der Waals surface area (Å²) in [6.07, 6.45) is 76.0. The zero-order valence-corrected chi connectivity index (χ0v) is 53.5. The maximum atomic E-state index is 13.6. The molecule has 79 heavy (non-hydrogen) atoms. The summed E-state index contributed by atoms with van der Waals surface area (Å²) in [5.41, 5.74) is 0. The van der Waals surface area contributed by atoms with Crippen LogP contribution < -0.4 is 5.32 Å². The van der Waals surface area contributed by atoms with Gasteiger partial charge in [-0.15, -0.1) is 0 Å². The fraction of sp³-hybridized carbons (Fsp3) is 0.797. The van der Waals surface area contributed by atoms with Gasteiger partial charge in [0.25, 0.3) is 0 Å². The molecule has 9 nitrogen and oxygen atoms in total. The number of quaternary nitrogens is 1. The van der Waals surface area contributed by atoms with E-state index in [9.17, 15) is 19.0 Å². The number of ether oxygens (including phenoxy) is 1. The fourth-order valence-corrected chi connectivity index (χ4v) is 10.2. The Morgan fingerprint density at radius 1 is 0.443 bits per heavy atom. The summed E-state index contributed by atoms with van der Waals surface area (Å²) in [7, 11) is 1.49. The molecule has 0 fully saturated rings. The van der Waals surface area contributed by atoms with E-state index in [-0.39, 0.29) is 31.5 Å². The number of amides is 1. The van der Waals surface area contributed by atoms with Crippen LogP contribution in [0, 0.1) is 0 Å². The van der Waals surface area contributed by atoms with Gasteiger partial charge in [-0.05, 0) is 102 Å². The van der Waals surface area contributed by atoms with Crippen molar-refractivity contribution in [2.45, 2.75) is 315 Å². The Kier molecular flexibility index (Phi) is 56.7. The summed E-state index contributed by atoms with van der Waals surface area (Å²) in [5, 5.41) is 3.06. The molecular weight excluding hydrogens is 1000 g/mol. The van der Waals surface area contributed by atoms with Gasteiger partial charge in [0.2, 0.25) is 5.91 Å². The molecule has 0 aliphatic rings. The second kappa shape index (κ2) is 58.6. The third-order valence-corrected chi connectivity index (χ3v) is 15.6. The molecule has 0 aliphatic heterocycles.